The standard InChI is InChI=1S/C18H32N2/c1-6-11-20(18(7-2,8-3)14-19)13-17-12-15(4)9-10-16(17)5/h9-10,12H,6-8,11,13-14,19H2,1-5H3. The van der Waals surface area contributed by atoms with Gasteiger partial charge < -0.3 is 5.73 Å². The molecule has 0 bridgehead atoms. The molecule has 20 heavy (non-hydrogen) atoms. The lowest BCUT2D eigenvalue weighted by Gasteiger charge is -2.43. The number of nitrogens with zero attached hydrogens (tertiary/aromatic N) is 1. The van der Waals surface area contributed by atoms with Crippen LogP contribution in [0.3, 0.4) is 0 Å². The van der Waals surface area contributed by atoms with Crippen LogP contribution in [0.2, 0.25) is 0 Å². The first-order valence-electron chi connectivity index (χ1n) is 8.04. The van der Waals surface area contributed by atoms with Gasteiger partial charge in [0, 0.05) is 18.6 Å². The van der Waals surface area contributed by atoms with E-state index in [0.717, 1.165) is 32.5 Å². The van der Waals surface area contributed by atoms with Crippen LogP contribution in [0.15, 0.2) is 18.2 Å². The fraction of sp³-hybridized carbons (Fsp3) is 0.667. The average molecular weight is 276 g/mol. The van der Waals surface area contributed by atoms with Gasteiger partial charge >= 0.3 is 0 Å². The monoisotopic (exact) mass is 276 g/mol. The number of nitrogens with two attached hydrogens (primary N) is 1. The van der Waals surface area contributed by atoms with Gasteiger partial charge in [-0.25, -0.2) is 0 Å². The molecule has 0 spiro atoms. The van der Waals surface area contributed by atoms with E-state index >= 15 is 0 Å². The van der Waals surface area contributed by atoms with Gasteiger partial charge in [-0.1, -0.05) is 44.5 Å². The Bertz CT molecular complexity index is 400. The number of benzene rings is 1. The Morgan fingerprint density at radius 3 is 2.25 bits per heavy atom. The van der Waals surface area contributed by atoms with Crippen molar-refractivity contribution in [1.29, 1.82) is 0 Å². The third kappa shape index (κ3) is 3.83. The normalized spacial score (nSPS) is 12.2. The van der Waals surface area contributed by atoms with Gasteiger partial charge in [-0.05, 0) is 50.8 Å². The Balaban J connectivity index is 3.05. The molecule has 0 saturated heterocycles. The summed E-state index contributed by atoms with van der Waals surface area (Å²) < 4.78 is 0. The molecule has 0 aliphatic heterocycles. The summed E-state index contributed by atoms with van der Waals surface area (Å²) in [5.74, 6) is 0. The Morgan fingerprint density at radius 1 is 1.10 bits per heavy atom. The van der Waals surface area contributed by atoms with Crippen molar-refractivity contribution in [2.45, 2.75) is 66.0 Å². The van der Waals surface area contributed by atoms with Gasteiger partial charge in [-0.3, -0.25) is 4.90 Å². The molecule has 0 heterocycles. The number of hydrogen-bond donors (Lipinski definition) is 1. The average Bonchev–Trinajstić information content (AvgIpc) is 2.45. The lowest BCUT2D eigenvalue weighted by atomic mass is 9.89. The van der Waals surface area contributed by atoms with Crippen LogP contribution in [0.25, 0.3) is 0 Å². The van der Waals surface area contributed by atoms with Crippen molar-refractivity contribution in [2.24, 2.45) is 5.73 Å². The molecule has 1 aromatic rings. The van der Waals surface area contributed by atoms with Gasteiger partial charge in [-0.2, -0.15) is 0 Å². The van der Waals surface area contributed by atoms with Gasteiger partial charge in [0.1, 0.15) is 0 Å². The van der Waals surface area contributed by atoms with E-state index in [9.17, 15) is 0 Å². The summed E-state index contributed by atoms with van der Waals surface area (Å²) in [4.78, 5) is 2.61. The summed E-state index contributed by atoms with van der Waals surface area (Å²) in [7, 11) is 0. The fourth-order valence-corrected chi connectivity index (χ4v) is 3.05. The molecule has 114 valence electrons. The van der Waals surface area contributed by atoms with Crippen molar-refractivity contribution in [3.05, 3.63) is 34.9 Å². The molecule has 0 aromatic heterocycles. The third-order valence-corrected chi connectivity index (χ3v) is 4.73. The van der Waals surface area contributed by atoms with E-state index in [2.05, 4.69) is 57.7 Å². The third-order valence-electron chi connectivity index (χ3n) is 4.73. The second-order valence-corrected chi connectivity index (χ2v) is 5.99. The number of rotatable bonds is 8. The molecule has 0 aliphatic carbocycles. The van der Waals surface area contributed by atoms with Gasteiger partial charge in [-0.15, -0.1) is 0 Å². The zero-order chi connectivity index (χ0) is 15.2. The molecule has 0 aliphatic rings. The Hall–Kier alpha value is -0.860. The molecule has 0 atom stereocenters. The Morgan fingerprint density at radius 2 is 1.75 bits per heavy atom. The summed E-state index contributed by atoms with van der Waals surface area (Å²) in [6.45, 7) is 14.0. The van der Waals surface area contributed by atoms with Crippen LogP contribution in [0.5, 0.6) is 0 Å². The van der Waals surface area contributed by atoms with E-state index in [1.165, 1.54) is 23.1 Å². The summed E-state index contributed by atoms with van der Waals surface area (Å²) in [6.07, 6.45) is 3.41. The van der Waals surface area contributed by atoms with E-state index < -0.39 is 0 Å². The number of hydrogen-bond acceptors (Lipinski definition) is 2. The van der Waals surface area contributed by atoms with Crippen LogP contribution in [0.4, 0.5) is 0 Å². The molecule has 1 aromatic carbocycles. The van der Waals surface area contributed by atoms with Crippen molar-refractivity contribution < 1.29 is 0 Å². The summed E-state index contributed by atoms with van der Waals surface area (Å²) >= 11 is 0. The summed E-state index contributed by atoms with van der Waals surface area (Å²) in [5, 5.41) is 0. The molecule has 0 radical (unpaired) electrons. The van der Waals surface area contributed by atoms with Crippen LogP contribution in [0, 0.1) is 13.8 Å². The van der Waals surface area contributed by atoms with Crippen LogP contribution in [-0.4, -0.2) is 23.5 Å². The largest absolute Gasteiger partial charge is 0.329 e. The van der Waals surface area contributed by atoms with E-state index in [1.54, 1.807) is 0 Å². The highest BCUT2D eigenvalue weighted by molar-refractivity contribution is 5.30. The predicted octanol–water partition coefficient (Wildman–Crippen LogP) is 4.03. The van der Waals surface area contributed by atoms with Crippen molar-refractivity contribution in [3.8, 4) is 0 Å². The van der Waals surface area contributed by atoms with Crippen LogP contribution < -0.4 is 5.73 Å². The van der Waals surface area contributed by atoms with Crippen molar-refractivity contribution in [3.63, 3.8) is 0 Å². The topological polar surface area (TPSA) is 29.3 Å². The van der Waals surface area contributed by atoms with Gasteiger partial charge in [0.15, 0.2) is 0 Å². The van der Waals surface area contributed by atoms with Gasteiger partial charge in [0.25, 0.3) is 0 Å². The second kappa shape index (κ2) is 7.80. The lowest BCUT2D eigenvalue weighted by Crippen LogP contribution is -2.53. The minimum atomic E-state index is 0.145. The van der Waals surface area contributed by atoms with Crippen LogP contribution in [-0.2, 0) is 6.54 Å². The smallest absolute Gasteiger partial charge is 0.0330 e. The highest BCUT2D eigenvalue weighted by atomic mass is 15.2. The van der Waals surface area contributed by atoms with E-state index in [4.69, 9.17) is 5.73 Å². The fourth-order valence-electron chi connectivity index (χ4n) is 3.05. The summed E-state index contributed by atoms with van der Waals surface area (Å²) in [6, 6.07) is 6.75. The Kier molecular flexibility index (Phi) is 6.70. The molecule has 2 nitrogen and oxygen atoms in total. The molecular weight excluding hydrogens is 244 g/mol. The number of aryl methyl sites for hydroxylation is 2. The van der Waals surface area contributed by atoms with Crippen LogP contribution >= 0.6 is 0 Å². The molecule has 2 N–H and O–H groups in total. The molecule has 0 saturated carbocycles. The highest BCUT2D eigenvalue weighted by Gasteiger charge is 2.31. The molecule has 0 amide bonds. The first kappa shape index (κ1) is 17.2. The maximum Gasteiger partial charge on any atom is 0.0330 e. The summed E-state index contributed by atoms with van der Waals surface area (Å²) in [5.41, 5.74) is 10.5. The van der Waals surface area contributed by atoms with Crippen molar-refractivity contribution in [1.82, 2.24) is 4.90 Å². The molecule has 1 rings (SSSR count). The van der Waals surface area contributed by atoms with E-state index in [0.29, 0.717) is 0 Å². The molecule has 2 heteroatoms. The van der Waals surface area contributed by atoms with E-state index in [-0.39, 0.29) is 5.54 Å². The zero-order valence-electron chi connectivity index (χ0n) is 14.0. The van der Waals surface area contributed by atoms with Crippen molar-refractivity contribution in [2.75, 3.05) is 13.1 Å². The first-order valence-corrected chi connectivity index (χ1v) is 8.04. The van der Waals surface area contributed by atoms with Gasteiger partial charge in [0.2, 0.25) is 0 Å². The first-order chi connectivity index (χ1) is 9.52. The second-order valence-electron chi connectivity index (χ2n) is 5.99. The predicted molar refractivity (Wildman–Crippen MR) is 89.0 cm³/mol. The highest BCUT2D eigenvalue weighted by Crippen LogP contribution is 2.26. The minimum Gasteiger partial charge on any atom is -0.329 e. The molecule has 0 unspecified atom stereocenters. The van der Waals surface area contributed by atoms with Crippen molar-refractivity contribution >= 4 is 0 Å². The minimum absolute atomic E-state index is 0.145. The van der Waals surface area contributed by atoms with Crippen LogP contribution in [0.1, 0.15) is 56.7 Å². The lowest BCUT2D eigenvalue weighted by molar-refractivity contribution is 0.0764. The van der Waals surface area contributed by atoms with Gasteiger partial charge in [0.05, 0.1) is 0 Å². The quantitative estimate of drug-likeness (QED) is 0.776. The molecular formula is C18H32N2. The zero-order valence-corrected chi connectivity index (χ0v) is 14.0. The van der Waals surface area contributed by atoms with E-state index in [1.807, 2.05) is 0 Å². The Labute approximate surface area is 125 Å². The maximum atomic E-state index is 6.14. The maximum absolute atomic E-state index is 6.14. The molecule has 0 fully saturated rings. The SMILES string of the molecule is CCCN(Cc1cc(C)ccc1C)C(CC)(CC)CN.